The number of halogens is 1. The van der Waals surface area contributed by atoms with Crippen molar-refractivity contribution in [1.82, 2.24) is 10.2 Å². The molecule has 0 radical (unpaired) electrons. The monoisotopic (exact) mass is 367 g/mol. The summed E-state index contributed by atoms with van der Waals surface area (Å²) in [5.74, 6) is 0. The molecule has 2 N–H and O–H groups in total. The Morgan fingerprint density at radius 1 is 1.13 bits per heavy atom. The third kappa shape index (κ3) is 3.61. The first-order chi connectivity index (χ1) is 10.9. The van der Waals surface area contributed by atoms with Gasteiger partial charge < -0.3 is 0 Å². The summed E-state index contributed by atoms with van der Waals surface area (Å²) in [5, 5.41) is 6.63. The molecule has 3 aromatic rings. The molecule has 0 aliphatic carbocycles. The molecule has 0 spiro atoms. The van der Waals surface area contributed by atoms with Gasteiger partial charge in [-0.25, -0.2) is 13.5 Å². The standard InChI is InChI=1S/C14H10ClN3O3S2/c15-9-2-1-3-10(8-9)18-23(20,21)14-7-5-12(22-14)11-4-6-13(19)17-16-11/h1-8,18H,(H,17,19). The van der Waals surface area contributed by atoms with Crippen molar-refractivity contribution in [3.63, 3.8) is 0 Å². The van der Waals surface area contributed by atoms with Gasteiger partial charge in [-0.15, -0.1) is 11.3 Å². The van der Waals surface area contributed by atoms with Crippen LogP contribution < -0.4 is 10.3 Å². The fourth-order valence-corrected chi connectivity index (χ4v) is 4.36. The second-order valence-electron chi connectivity index (χ2n) is 4.54. The summed E-state index contributed by atoms with van der Waals surface area (Å²) in [5.41, 5.74) is 0.564. The van der Waals surface area contributed by atoms with Gasteiger partial charge in [-0.05, 0) is 36.4 Å². The summed E-state index contributed by atoms with van der Waals surface area (Å²) < 4.78 is 27.4. The van der Waals surface area contributed by atoms with Gasteiger partial charge in [0.25, 0.3) is 15.6 Å². The summed E-state index contributed by atoms with van der Waals surface area (Å²) in [7, 11) is -3.72. The number of benzene rings is 1. The van der Waals surface area contributed by atoms with Crippen molar-refractivity contribution in [2.45, 2.75) is 4.21 Å². The number of nitrogens with one attached hydrogen (secondary N) is 2. The normalized spacial score (nSPS) is 11.3. The summed E-state index contributed by atoms with van der Waals surface area (Å²) in [6.45, 7) is 0. The molecule has 0 aliphatic heterocycles. The zero-order valence-electron chi connectivity index (χ0n) is 11.5. The molecular formula is C14H10ClN3O3S2. The number of rotatable bonds is 4. The molecule has 0 unspecified atom stereocenters. The first kappa shape index (κ1) is 15.7. The molecule has 0 saturated heterocycles. The molecule has 2 heterocycles. The molecule has 118 valence electrons. The molecule has 9 heteroatoms. The molecule has 0 amide bonds. The largest absolute Gasteiger partial charge is 0.279 e. The zero-order valence-corrected chi connectivity index (χ0v) is 13.9. The Hall–Kier alpha value is -2.16. The first-order valence-corrected chi connectivity index (χ1v) is 9.06. The van der Waals surface area contributed by atoms with Crippen LogP contribution in [0.4, 0.5) is 5.69 Å². The Morgan fingerprint density at radius 3 is 2.65 bits per heavy atom. The predicted octanol–water partition coefficient (Wildman–Crippen LogP) is 2.95. The molecule has 0 bridgehead atoms. The highest BCUT2D eigenvalue weighted by Gasteiger charge is 2.18. The van der Waals surface area contributed by atoms with Gasteiger partial charge in [-0.3, -0.25) is 9.52 Å². The van der Waals surface area contributed by atoms with Gasteiger partial charge in [0.05, 0.1) is 10.6 Å². The molecule has 0 atom stereocenters. The highest BCUT2D eigenvalue weighted by atomic mass is 35.5. The minimum atomic E-state index is -3.72. The highest BCUT2D eigenvalue weighted by Crippen LogP contribution is 2.30. The minimum Gasteiger partial charge on any atom is -0.279 e. The number of sulfonamides is 1. The molecule has 0 fully saturated rings. The number of aromatic nitrogens is 2. The summed E-state index contributed by atoms with van der Waals surface area (Å²) in [4.78, 5) is 11.6. The topological polar surface area (TPSA) is 91.9 Å². The van der Waals surface area contributed by atoms with Crippen molar-refractivity contribution in [3.8, 4) is 10.6 Å². The van der Waals surface area contributed by atoms with E-state index in [1.807, 2.05) is 0 Å². The lowest BCUT2D eigenvalue weighted by atomic mass is 10.3. The Balaban J connectivity index is 1.89. The van der Waals surface area contributed by atoms with E-state index in [0.717, 1.165) is 11.3 Å². The molecule has 0 saturated carbocycles. The molecule has 1 aromatic carbocycles. The smallest absolute Gasteiger partial charge is 0.271 e. The summed E-state index contributed by atoms with van der Waals surface area (Å²) >= 11 is 6.90. The molecule has 2 aromatic heterocycles. The van der Waals surface area contributed by atoms with Crippen LogP contribution in [0.3, 0.4) is 0 Å². The van der Waals surface area contributed by atoms with Crippen LogP contribution in [0.25, 0.3) is 10.6 Å². The number of hydrogen-bond donors (Lipinski definition) is 2. The minimum absolute atomic E-state index is 0.139. The van der Waals surface area contributed by atoms with Crippen LogP contribution in [0.15, 0.2) is 57.5 Å². The van der Waals surface area contributed by atoms with Crippen LogP contribution >= 0.6 is 22.9 Å². The molecule has 3 rings (SSSR count). The van der Waals surface area contributed by atoms with Crippen molar-refractivity contribution < 1.29 is 8.42 Å². The van der Waals surface area contributed by atoms with Gasteiger partial charge in [-0.1, -0.05) is 17.7 Å². The van der Waals surface area contributed by atoms with Crippen LogP contribution in [0.1, 0.15) is 0 Å². The lowest BCUT2D eigenvalue weighted by Gasteiger charge is -2.06. The van der Waals surface area contributed by atoms with Crippen LogP contribution in [0, 0.1) is 0 Å². The van der Waals surface area contributed by atoms with E-state index in [-0.39, 0.29) is 9.77 Å². The Labute approximate surface area is 140 Å². The lowest BCUT2D eigenvalue weighted by molar-refractivity contribution is 0.603. The Kier molecular flexibility index (Phi) is 4.20. The van der Waals surface area contributed by atoms with E-state index in [4.69, 9.17) is 11.6 Å². The van der Waals surface area contributed by atoms with Gasteiger partial charge in [0.2, 0.25) is 0 Å². The molecule has 23 heavy (non-hydrogen) atoms. The average Bonchev–Trinajstić information content (AvgIpc) is 2.98. The number of aromatic amines is 1. The zero-order chi connectivity index (χ0) is 16.4. The number of anilines is 1. The van der Waals surface area contributed by atoms with Gasteiger partial charge in [0.15, 0.2) is 0 Å². The fourth-order valence-electron chi connectivity index (χ4n) is 1.84. The van der Waals surface area contributed by atoms with E-state index in [9.17, 15) is 13.2 Å². The summed E-state index contributed by atoms with van der Waals surface area (Å²) in [6, 6.07) is 12.4. The number of nitrogens with zero attached hydrogens (tertiary/aromatic N) is 1. The molecule has 6 nitrogen and oxygen atoms in total. The maximum atomic E-state index is 12.4. The van der Waals surface area contributed by atoms with E-state index in [0.29, 0.717) is 21.3 Å². The second kappa shape index (κ2) is 6.15. The Bertz CT molecular complexity index is 991. The third-order valence-corrected chi connectivity index (χ3v) is 6.07. The van der Waals surface area contributed by atoms with Crippen molar-refractivity contribution in [3.05, 3.63) is 63.9 Å². The van der Waals surface area contributed by atoms with Crippen molar-refractivity contribution >= 4 is 38.6 Å². The second-order valence-corrected chi connectivity index (χ2v) is 7.97. The van der Waals surface area contributed by atoms with Crippen LogP contribution in [-0.2, 0) is 10.0 Å². The first-order valence-electron chi connectivity index (χ1n) is 6.38. The highest BCUT2D eigenvalue weighted by molar-refractivity contribution is 7.94. The average molecular weight is 368 g/mol. The van der Waals surface area contributed by atoms with Crippen molar-refractivity contribution in [2.75, 3.05) is 4.72 Å². The number of H-pyrrole nitrogens is 1. The van der Waals surface area contributed by atoms with Gasteiger partial charge in [0, 0.05) is 11.1 Å². The van der Waals surface area contributed by atoms with E-state index in [1.165, 1.54) is 24.3 Å². The lowest BCUT2D eigenvalue weighted by Crippen LogP contribution is -2.11. The van der Waals surface area contributed by atoms with E-state index in [2.05, 4.69) is 14.9 Å². The molecule has 0 aliphatic rings. The number of thiophene rings is 1. The summed E-state index contributed by atoms with van der Waals surface area (Å²) in [6.07, 6.45) is 0. The van der Waals surface area contributed by atoms with E-state index < -0.39 is 10.0 Å². The SMILES string of the molecule is O=c1ccc(-c2ccc(S(=O)(=O)Nc3cccc(Cl)c3)s2)n[nH]1. The fraction of sp³-hybridized carbons (Fsp3) is 0. The quantitative estimate of drug-likeness (QED) is 0.741. The van der Waals surface area contributed by atoms with E-state index >= 15 is 0 Å². The molecular weight excluding hydrogens is 358 g/mol. The van der Waals surface area contributed by atoms with Crippen molar-refractivity contribution in [2.24, 2.45) is 0 Å². The number of hydrogen-bond acceptors (Lipinski definition) is 5. The maximum Gasteiger partial charge on any atom is 0.271 e. The van der Waals surface area contributed by atoms with Crippen LogP contribution in [0.5, 0.6) is 0 Å². The van der Waals surface area contributed by atoms with Crippen LogP contribution in [-0.4, -0.2) is 18.6 Å². The van der Waals surface area contributed by atoms with Crippen LogP contribution in [0.2, 0.25) is 5.02 Å². The predicted molar refractivity (Wildman–Crippen MR) is 90.4 cm³/mol. The van der Waals surface area contributed by atoms with E-state index in [1.54, 1.807) is 24.3 Å². The van der Waals surface area contributed by atoms with Gasteiger partial charge >= 0.3 is 0 Å². The maximum absolute atomic E-state index is 12.4. The van der Waals surface area contributed by atoms with Crippen molar-refractivity contribution in [1.29, 1.82) is 0 Å². The van der Waals surface area contributed by atoms with Gasteiger partial charge in [0.1, 0.15) is 9.90 Å². The Morgan fingerprint density at radius 2 is 1.96 bits per heavy atom. The third-order valence-electron chi connectivity index (χ3n) is 2.85. The van der Waals surface area contributed by atoms with Gasteiger partial charge in [-0.2, -0.15) is 5.10 Å².